The molecule has 0 N–H and O–H groups in total. The SMILES string of the molecule is C=C1[C@@H](C)[C@H](C=O)[C@@]1(C)COC. The summed E-state index contributed by atoms with van der Waals surface area (Å²) in [6.07, 6.45) is 1.03. The summed E-state index contributed by atoms with van der Waals surface area (Å²) in [6.45, 7) is 8.65. The Morgan fingerprint density at radius 3 is 2.75 bits per heavy atom. The standard InChI is InChI=1S/C10H16O2/c1-7-8(2)10(3,6-12-4)9(7)5-11/h5,7,9H,2,6H2,1,3-4H3/t7-,9+,10+/m1/s1. The second-order valence-electron chi connectivity index (χ2n) is 3.83. The zero-order valence-electron chi connectivity index (χ0n) is 7.96. The highest BCUT2D eigenvalue weighted by molar-refractivity contribution is 5.62. The Balaban J connectivity index is 2.76. The lowest BCUT2D eigenvalue weighted by molar-refractivity contribution is -0.122. The molecule has 0 aromatic heterocycles. The van der Waals surface area contributed by atoms with E-state index < -0.39 is 0 Å². The van der Waals surface area contributed by atoms with E-state index in [1.165, 1.54) is 0 Å². The smallest absolute Gasteiger partial charge is 0.124 e. The molecular formula is C10H16O2. The van der Waals surface area contributed by atoms with E-state index >= 15 is 0 Å². The van der Waals surface area contributed by atoms with Gasteiger partial charge in [0.2, 0.25) is 0 Å². The van der Waals surface area contributed by atoms with Crippen LogP contribution in [0.5, 0.6) is 0 Å². The molecule has 1 aliphatic rings. The maximum absolute atomic E-state index is 10.7. The Kier molecular flexibility index (Phi) is 2.38. The molecule has 2 heteroatoms. The van der Waals surface area contributed by atoms with Crippen LogP contribution < -0.4 is 0 Å². The molecule has 0 saturated heterocycles. The topological polar surface area (TPSA) is 26.3 Å². The monoisotopic (exact) mass is 168 g/mol. The number of carbonyl (C=O) groups is 1. The van der Waals surface area contributed by atoms with Crippen LogP contribution in [0.2, 0.25) is 0 Å². The average Bonchev–Trinajstić information content (AvgIpc) is 2.05. The molecule has 0 amide bonds. The lowest BCUT2D eigenvalue weighted by Gasteiger charge is -2.51. The number of methoxy groups -OCH3 is 1. The summed E-state index contributed by atoms with van der Waals surface area (Å²) >= 11 is 0. The Morgan fingerprint density at radius 2 is 2.33 bits per heavy atom. The summed E-state index contributed by atoms with van der Waals surface area (Å²) in [5, 5.41) is 0. The van der Waals surface area contributed by atoms with E-state index in [1.807, 2.05) is 13.8 Å². The molecule has 68 valence electrons. The van der Waals surface area contributed by atoms with Crippen molar-refractivity contribution in [3.8, 4) is 0 Å². The zero-order valence-corrected chi connectivity index (χ0v) is 7.96. The van der Waals surface area contributed by atoms with Gasteiger partial charge in [-0.15, -0.1) is 0 Å². The van der Waals surface area contributed by atoms with E-state index in [-0.39, 0.29) is 11.3 Å². The van der Waals surface area contributed by atoms with Gasteiger partial charge in [0.05, 0.1) is 6.61 Å². The van der Waals surface area contributed by atoms with Gasteiger partial charge in [0.15, 0.2) is 0 Å². The summed E-state index contributed by atoms with van der Waals surface area (Å²) < 4.78 is 5.08. The van der Waals surface area contributed by atoms with E-state index in [0.717, 1.165) is 11.9 Å². The fraction of sp³-hybridized carbons (Fsp3) is 0.700. The van der Waals surface area contributed by atoms with Crippen molar-refractivity contribution in [3.63, 3.8) is 0 Å². The molecule has 0 aromatic rings. The van der Waals surface area contributed by atoms with Crippen LogP contribution in [0.4, 0.5) is 0 Å². The molecule has 3 atom stereocenters. The minimum Gasteiger partial charge on any atom is -0.384 e. The molecule has 2 nitrogen and oxygen atoms in total. The number of hydrogen-bond acceptors (Lipinski definition) is 2. The first kappa shape index (κ1) is 9.46. The average molecular weight is 168 g/mol. The first-order valence-corrected chi connectivity index (χ1v) is 4.21. The van der Waals surface area contributed by atoms with Crippen LogP contribution in [0.3, 0.4) is 0 Å². The van der Waals surface area contributed by atoms with Gasteiger partial charge in [-0.05, 0) is 5.92 Å². The van der Waals surface area contributed by atoms with Gasteiger partial charge in [0.25, 0.3) is 0 Å². The van der Waals surface area contributed by atoms with Crippen LogP contribution in [0, 0.1) is 17.3 Å². The maximum Gasteiger partial charge on any atom is 0.124 e. The van der Waals surface area contributed by atoms with Crippen LogP contribution in [-0.4, -0.2) is 20.0 Å². The molecule has 0 aliphatic heterocycles. The van der Waals surface area contributed by atoms with E-state index in [2.05, 4.69) is 6.58 Å². The highest BCUT2D eigenvalue weighted by Crippen LogP contribution is 2.53. The quantitative estimate of drug-likeness (QED) is 0.473. The number of hydrogen-bond donors (Lipinski definition) is 0. The van der Waals surface area contributed by atoms with Crippen LogP contribution >= 0.6 is 0 Å². The number of aldehydes is 1. The van der Waals surface area contributed by atoms with Gasteiger partial charge in [-0.2, -0.15) is 0 Å². The van der Waals surface area contributed by atoms with Gasteiger partial charge in [0.1, 0.15) is 6.29 Å². The molecule has 1 fully saturated rings. The molecule has 0 radical (unpaired) electrons. The second-order valence-corrected chi connectivity index (χ2v) is 3.83. The molecule has 0 spiro atoms. The molecule has 0 unspecified atom stereocenters. The fourth-order valence-corrected chi connectivity index (χ4v) is 2.16. The summed E-state index contributed by atoms with van der Waals surface area (Å²) in [6, 6.07) is 0. The Morgan fingerprint density at radius 1 is 1.75 bits per heavy atom. The van der Waals surface area contributed by atoms with E-state index in [9.17, 15) is 4.79 Å². The molecule has 0 aromatic carbocycles. The molecule has 1 rings (SSSR count). The van der Waals surface area contributed by atoms with Crippen molar-refractivity contribution in [2.75, 3.05) is 13.7 Å². The Labute approximate surface area is 73.6 Å². The molecule has 0 heterocycles. The predicted molar refractivity (Wildman–Crippen MR) is 47.8 cm³/mol. The van der Waals surface area contributed by atoms with Gasteiger partial charge in [-0.25, -0.2) is 0 Å². The minimum absolute atomic E-state index is 0.0879. The maximum atomic E-state index is 10.7. The van der Waals surface area contributed by atoms with E-state index in [1.54, 1.807) is 7.11 Å². The van der Waals surface area contributed by atoms with Gasteiger partial charge in [-0.3, -0.25) is 0 Å². The third-order valence-electron chi connectivity index (χ3n) is 3.15. The van der Waals surface area contributed by atoms with Crippen LogP contribution in [-0.2, 0) is 9.53 Å². The zero-order chi connectivity index (χ0) is 9.35. The summed E-state index contributed by atoms with van der Waals surface area (Å²) in [7, 11) is 1.66. The van der Waals surface area contributed by atoms with Crippen molar-refractivity contribution in [3.05, 3.63) is 12.2 Å². The minimum atomic E-state index is -0.115. The van der Waals surface area contributed by atoms with Gasteiger partial charge in [0, 0.05) is 18.4 Å². The van der Waals surface area contributed by atoms with Crippen molar-refractivity contribution in [2.45, 2.75) is 13.8 Å². The van der Waals surface area contributed by atoms with Gasteiger partial charge >= 0.3 is 0 Å². The molecule has 0 bridgehead atoms. The van der Waals surface area contributed by atoms with E-state index in [0.29, 0.717) is 12.5 Å². The summed E-state index contributed by atoms with van der Waals surface area (Å²) in [5.41, 5.74) is 1.03. The third kappa shape index (κ3) is 1.02. The first-order valence-electron chi connectivity index (χ1n) is 4.21. The summed E-state index contributed by atoms with van der Waals surface area (Å²) in [4.78, 5) is 10.7. The largest absolute Gasteiger partial charge is 0.384 e. The highest BCUT2D eigenvalue weighted by Gasteiger charge is 2.51. The molecule has 1 aliphatic carbocycles. The number of rotatable bonds is 3. The van der Waals surface area contributed by atoms with Crippen molar-refractivity contribution in [2.24, 2.45) is 17.3 Å². The van der Waals surface area contributed by atoms with Crippen molar-refractivity contribution < 1.29 is 9.53 Å². The highest BCUT2D eigenvalue weighted by atomic mass is 16.5. The molecular weight excluding hydrogens is 152 g/mol. The van der Waals surface area contributed by atoms with Crippen LogP contribution in [0.25, 0.3) is 0 Å². The second kappa shape index (κ2) is 3.02. The van der Waals surface area contributed by atoms with Gasteiger partial charge in [-0.1, -0.05) is 26.0 Å². The Bertz CT molecular complexity index is 210. The number of ether oxygens (including phenoxy) is 1. The first-order chi connectivity index (χ1) is 5.57. The van der Waals surface area contributed by atoms with Crippen LogP contribution in [0.15, 0.2) is 12.2 Å². The third-order valence-corrected chi connectivity index (χ3v) is 3.15. The fourth-order valence-electron chi connectivity index (χ4n) is 2.16. The lowest BCUT2D eigenvalue weighted by atomic mass is 9.53. The van der Waals surface area contributed by atoms with Crippen molar-refractivity contribution in [1.29, 1.82) is 0 Å². The molecule has 1 saturated carbocycles. The van der Waals surface area contributed by atoms with Crippen molar-refractivity contribution in [1.82, 2.24) is 0 Å². The van der Waals surface area contributed by atoms with Gasteiger partial charge < -0.3 is 9.53 Å². The lowest BCUT2D eigenvalue weighted by Crippen LogP contribution is -2.50. The summed E-state index contributed by atoms with van der Waals surface area (Å²) in [5.74, 6) is 0.410. The molecule has 12 heavy (non-hydrogen) atoms. The normalized spacial score (nSPS) is 40.8. The Hall–Kier alpha value is -0.630. The van der Waals surface area contributed by atoms with E-state index in [4.69, 9.17) is 4.74 Å². The van der Waals surface area contributed by atoms with Crippen LogP contribution in [0.1, 0.15) is 13.8 Å². The predicted octanol–water partition coefficient (Wildman–Crippen LogP) is 1.66. The number of carbonyl (C=O) groups excluding carboxylic acids is 1. The van der Waals surface area contributed by atoms with Crippen molar-refractivity contribution >= 4 is 6.29 Å².